The van der Waals surface area contributed by atoms with Gasteiger partial charge in [0, 0.05) is 50.7 Å². The number of morpholine rings is 1. The van der Waals surface area contributed by atoms with Crippen LogP contribution in [0.1, 0.15) is 18.3 Å². The van der Waals surface area contributed by atoms with Crippen LogP contribution in [0, 0.1) is 0 Å². The number of aliphatic imine (C=N–C) groups is 1. The van der Waals surface area contributed by atoms with Gasteiger partial charge >= 0.3 is 0 Å². The van der Waals surface area contributed by atoms with E-state index in [1.54, 1.807) is 6.33 Å². The molecule has 1 aliphatic rings. The Balaban J connectivity index is 0.00000320. The van der Waals surface area contributed by atoms with Crippen molar-refractivity contribution >= 4 is 41.5 Å². The zero-order valence-electron chi connectivity index (χ0n) is 17.4. The number of hydrogen-bond donors (Lipinski definition) is 2. The lowest BCUT2D eigenvalue weighted by Crippen LogP contribution is -2.45. The Morgan fingerprint density at radius 2 is 1.97 bits per heavy atom. The van der Waals surface area contributed by atoms with E-state index in [1.807, 2.05) is 24.3 Å². The molecule has 8 nitrogen and oxygen atoms in total. The average Bonchev–Trinajstić information content (AvgIpc) is 3.20. The van der Waals surface area contributed by atoms with Crippen LogP contribution in [0.2, 0.25) is 5.02 Å². The molecule has 0 unspecified atom stereocenters. The second-order valence-electron chi connectivity index (χ2n) is 6.90. The highest BCUT2D eigenvalue weighted by molar-refractivity contribution is 14.0. The van der Waals surface area contributed by atoms with Gasteiger partial charge in [-0.05, 0) is 17.7 Å². The van der Waals surface area contributed by atoms with Gasteiger partial charge in [0.05, 0.1) is 19.8 Å². The maximum atomic E-state index is 6.09. The van der Waals surface area contributed by atoms with Gasteiger partial charge in [0.25, 0.3) is 0 Å². The van der Waals surface area contributed by atoms with Crippen molar-refractivity contribution in [1.82, 2.24) is 30.3 Å². The average molecular weight is 548 g/mol. The Hall–Kier alpha value is -1.43. The summed E-state index contributed by atoms with van der Waals surface area (Å²) >= 11 is 6.09. The molecule has 1 fully saturated rings. The molecule has 1 saturated heterocycles. The maximum absolute atomic E-state index is 6.09. The fourth-order valence-electron chi connectivity index (χ4n) is 3.17. The molecule has 2 heterocycles. The molecule has 2 aromatic rings. The number of nitrogens with one attached hydrogen (secondary N) is 2. The van der Waals surface area contributed by atoms with E-state index in [4.69, 9.17) is 21.3 Å². The van der Waals surface area contributed by atoms with Gasteiger partial charge in [-0.1, -0.05) is 30.7 Å². The Morgan fingerprint density at radius 3 is 2.70 bits per heavy atom. The minimum absolute atomic E-state index is 0. The lowest BCUT2D eigenvalue weighted by atomic mass is 10.2. The monoisotopic (exact) mass is 547 g/mol. The van der Waals surface area contributed by atoms with Gasteiger partial charge in [-0.2, -0.15) is 0 Å². The van der Waals surface area contributed by atoms with Crippen LogP contribution >= 0.6 is 35.6 Å². The molecule has 10 heteroatoms. The fourth-order valence-corrected chi connectivity index (χ4v) is 3.38. The third-order valence-corrected chi connectivity index (χ3v) is 5.03. The van der Waals surface area contributed by atoms with Gasteiger partial charge in [0.1, 0.15) is 12.2 Å². The first-order chi connectivity index (χ1) is 14.2. The Kier molecular flexibility index (Phi) is 11.4. The van der Waals surface area contributed by atoms with Gasteiger partial charge in [-0.25, -0.2) is 4.99 Å². The predicted molar refractivity (Wildman–Crippen MR) is 131 cm³/mol. The smallest absolute Gasteiger partial charge is 0.191 e. The molecule has 0 radical (unpaired) electrons. The lowest BCUT2D eigenvalue weighted by Gasteiger charge is -2.26. The lowest BCUT2D eigenvalue weighted by molar-refractivity contribution is 0.0389. The number of guanidine groups is 1. The molecule has 0 saturated carbocycles. The van der Waals surface area contributed by atoms with E-state index in [2.05, 4.69) is 37.2 Å². The highest BCUT2D eigenvalue weighted by atomic mass is 127. The van der Waals surface area contributed by atoms with Gasteiger partial charge < -0.3 is 19.9 Å². The van der Waals surface area contributed by atoms with Gasteiger partial charge in [-0.3, -0.25) is 4.90 Å². The van der Waals surface area contributed by atoms with Crippen molar-refractivity contribution in [2.75, 3.05) is 45.9 Å². The molecule has 166 valence electrons. The Morgan fingerprint density at radius 1 is 1.20 bits per heavy atom. The van der Waals surface area contributed by atoms with Crippen LogP contribution in [0.15, 0.2) is 35.6 Å². The zero-order chi connectivity index (χ0) is 20.3. The summed E-state index contributed by atoms with van der Waals surface area (Å²) in [5, 5.41) is 15.7. The van der Waals surface area contributed by atoms with E-state index >= 15 is 0 Å². The largest absolute Gasteiger partial charge is 0.379 e. The summed E-state index contributed by atoms with van der Waals surface area (Å²) in [4.78, 5) is 7.13. The molecule has 1 aliphatic heterocycles. The van der Waals surface area contributed by atoms with Crippen LogP contribution in [-0.2, 0) is 24.2 Å². The van der Waals surface area contributed by atoms with Gasteiger partial charge in [0.2, 0.25) is 0 Å². The molecule has 30 heavy (non-hydrogen) atoms. The number of hydrogen-bond acceptors (Lipinski definition) is 5. The molecule has 3 rings (SSSR count). The van der Waals surface area contributed by atoms with Crippen molar-refractivity contribution in [3.05, 3.63) is 47.0 Å². The molecule has 1 aromatic heterocycles. The van der Waals surface area contributed by atoms with Crippen LogP contribution in [0.5, 0.6) is 0 Å². The first-order valence-electron chi connectivity index (χ1n) is 10.2. The molecule has 0 aliphatic carbocycles. The number of aryl methyl sites for hydroxylation is 1. The minimum Gasteiger partial charge on any atom is -0.379 e. The first kappa shape index (κ1) is 24.8. The van der Waals surface area contributed by atoms with E-state index in [0.717, 1.165) is 81.3 Å². The number of ether oxygens (including phenoxy) is 1. The van der Waals surface area contributed by atoms with Crippen molar-refractivity contribution in [3.8, 4) is 0 Å². The molecule has 0 amide bonds. The standard InChI is InChI=1S/C20H30ClN7O.HI/c1-2-19-26-25-16-28(19)9-7-23-20(22-6-8-27-10-12-29-13-11-27)24-15-17-4-3-5-18(21)14-17;/h3-5,14,16H,2,6-13,15H2,1H3,(H2,22,23,24);1H. The van der Waals surface area contributed by atoms with Gasteiger partial charge in [0.15, 0.2) is 5.96 Å². The fraction of sp³-hybridized carbons (Fsp3) is 0.550. The highest BCUT2D eigenvalue weighted by Crippen LogP contribution is 2.11. The second kappa shape index (κ2) is 13.8. The molecule has 0 atom stereocenters. The van der Waals surface area contributed by atoms with E-state index in [-0.39, 0.29) is 24.0 Å². The molecule has 1 aromatic carbocycles. The van der Waals surface area contributed by atoms with Crippen LogP contribution in [0.3, 0.4) is 0 Å². The second-order valence-corrected chi connectivity index (χ2v) is 7.33. The van der Waals surface area contributed by atoms with Crippen LogP contribution in [0.25, 0.3) is 0 Å². The van der Waals surface area contributed by atoms with E-state index in [1.165, 1.54) is 0 Å². The SMILES string of the molecule is CCc1nncn1CCNC(=NCc1cccc(Cl)c1)NCCN1CCOCC1.I. The predicted octanol–water partition coefficient (Wildman–Crippen LogP) is 2.18. The summed E-state index contributed by atoms with van der Waals surface area (Å²) in [5.74, 6) is 1.79. The third kappa shape index (κ3) is 8.37. The van der Waals surface area contributed by atoms with Crippen molar-refractivity contribution in [2.45, 2.75) is 26.4 Å². The summed E-state index contributed by atoms with van der Waals surface area (Å²) < 4.78 is 7.48. The summed E-state index contributed by atoms with van der Waals surface area (Å²) in [6, 6.07) is 7.80. The van der Waals surface area contributed by atoms with Crippen molar-refractivity contribution in [3.63, 3.8) is 0 Å². The topological polar surface area (TPSA) is 79.6 Å². The number of nitrogens with zero attached hydrogens (tertiary/aromatic N) is 5. The van der Waals surface area contributed by atoms with Crippen molar-refractivity contribution < 1.29 is 4.74 Å². The van der Waals surface area contributed by atoms with Crippen molar-refractivity contribution in [1.29, 1.82) is 0 Å². The normalized spacial score (nSPS) is 14.9. The highest BCUT2D eigenvalue weighted by Gasteiger charge is 2.10. The quantitative estimate of drug-likeness (QED) is 0.285. The summed E-state index contributed by atoms with van der Waals surface area (Å²) in [5.41, 5.74) is 1.08. The summed E-state index contributed by atoms with van der Waals surface area (Å²) in [6.07, 6.45) is 2.64. The molecule has 0 spiro atoms. The third-order valence-electron chi connectivity index (χ3n) is 4.79. The van der Waals surface area contributed by atoms with Crippen LogP contribution in [-0.4, -0.2) is 71.6 Å². The minimum atomic E-state index is 0. The van der Waals surface area contributed by atoms with E-state index in [0.29, 0.717) is 6.54 Å². The summed E-state index contributed by atoms with van der Waals surface area (Å²) in [6.45, 7) is 9.57. The molecular formula is C20H31ClIN7O. The zero-order valence-corrected chi connectivity index (χ0v) is 20.5. The Labute approximate surface area is 200 Å². The summed E-state index contributed by atoms with van der Waals surface area (Å²) in [7, 11) is 0. The van der Waals surface area contributed by atoms with E-state index < -0.39 is 0 Å². The molecule has 0 bridgehead atoms. The van der Waals surface area contributed by atoms with Crippen LogP contribution < -0.4 is 10.6 Å². The van der Waals surface area contributed by atoms with Crippen molar-refractivity contribution in [2.24, 2.45) is 4.99 Å². The molecule has 2 N–H and O–H groups in total. The van der Waals surface area contributed by atoms with E-state index in [9.17, 15) is 0 Å². The van der Waals surface area contributed by atoms with Crippen LogP contribution in [0.4, 0.5) is 0 Å². The Bertz CT molecular complexity index is 780. The number of halogens is 2. The number of benzene rings is 1. The number of rotatable bonds is 9. The number of aromatic nitrogens is 3. The van der Waals surface area contributed by atoms with Gasteiger partial charge in [-0.15, -0.1) is 34.2 Å². The maximum Gasteiger partial charge on any atom is 0.191 e. The first-order valence-corrected chi connectivity index (χ1v) is 10.6. The molecular weight excluding hydrogens is 517 g/mol.